The number of rotatable bonds is 2. The van der Waals surface area contributed by atoms with E-state index in [0.29, 0.717) is 40.0 Å². The molecule has 0 radical (unpaired) electrons. The van der Waals surface area contributed by atoms with E-state index in [-0.39, 0.29) is 11.8 Å². The van der Waals surface area contributed by atoms with Crippen molar-refractivity contribution in [2.75, 3.05) is 13.1 Å². The average Bonchev–Trinajstić information content (AvgIpc) is 2.79. The zero-order chi connectivity index (χ0) is 19.6. The van der Waals surface area contributed by atoms with Crippen LogP contribution in [0.15, 0.2) is 72.6 Å². The van der Waals surface area contributed by atoms with E-state index >= 15 is 0 Å². The maximum Gasteiger partial charge on any atom is 0.258 e. The van der Waals surface area contributed by atoms with Crippen molar-refractivity contribution in [2.24, 2.45) is 0 Å². The van der Waals surface area contributed by atoms with Gasteiger partial charge in [0, 0.05) is 45.7 Å². The summed E-state index contributed by atoms with van der Waals surface area (Å²) < 4.78 is 0. The minimum atomic E-state index is -0.179. The number of benzene rings is 2. The summed E-state index contributed by atoms with van der Waals surface area (Å²) in [5.41, 5.74) is 2.32. The molecule has 3 rings (SSSR count). The molecule has 1 heterocycles. The molecule has 0 spiro atoms. The van der Waals surface area contributed by atoms with Crippen molar-refractivity contribution in [1.29, 1.82) is 0 Å². The van der Waals surface area contributed by atoms with Gasteiger partial charge in [-0.25, -0.2) is 0 Å². The number of hydrogen-bond donors (Lipinski definition) is 0. The molecule has 1 aliphatic rings. The van der Waals surface area contributed by atoms with E-state index in [9.17, 15) is 9.59 Å². The van der Waals surface area contributed by atoms with Crippen LogP contribution in [0, 0.1) is 0 Å². The minimum Gasteiger partial charge on any atom is -0.311 e. The summed E-state index contributed by atoms with van der Waals surface area (Å²) in [6.45, 7) is 6.53. The predicted molar refractivity (Wildman–Crippen MR) is 108 cm³/mol. The van der Waals surface area contributed by atoms with Gasteiger partial charge in [0.1, 0.15) is 0 Å². The van der Waals surface area contributed by atoms with Gasteiger partial charge < -0.3 is 9.80 Å². The van der Waals surface area contributed by atoms with Crippen molar-refractivity contribution in [3.63, 3.8) is 0 Å². The molecule has 0 bridgehead atoms. The summed E-state index contributed by atoms with van der Waals surface area (Å²) >= 11 is 11.8. The first-order valence-corrected chi connectivity index (χ1v) is 9.14. The normalized spacial score (nSPS) is 14.6. The SMILES string of the molecule is C=C1C=C(C)N(C(=O)c2ccc(Cl)cc2)CCN1C(=O)c1ccc(Cl)cc1. The molecule has 1 aliphatic heterocycles. The monoisotopic (exact) mass is 400 g/mol. The first-order valence-electron chi connectivity index (χ1n) is 8.39. The Hall–Kier alpha value is -2.56. The van der Waals surface area contributed by atoms with Crippen LogP contribution in [0.5, 0.6) is 0 Å². The molecule has 0 atom stereocenters. The Labute approximate surface area is 168 Å². The Morgan fingerprint density at radius 3 is 1.70 bits per heavy atom. The summed E-state index contributed by atoms with van der Waals surface area (Å²) in [5, 5.41) is 1.14. The first kappa shape index (κ1) is 19.2. The molecule has 0 saturated carbocycles. The Kier molecular flexibility index (Phi) is 5.68. The lowest BCUT2D eigenvalue weighted by Gasteiger charge is -2.24. The summed E-state index contributed by atoms with van der Waals surface area (Å²) in [5.74, 6) is -0.324. The van der Waals surface area contributed by atoms with Crippen LogP contribution in [0.3, 0.4) is 0 Å². The van der Waals surface area contributed by atoms with E-state index in [4.69, 9.17) is 23.2 Å². The fourth-order valence-corrected chi connectivity index (χ4v) is 3.16. The third-order valence-electron chi connectivity index (χ3n) is 4.37. The second-order valence-electron chi connectivity index (χ2n) is 6.20. The smallest absolute Gasteiger partial charge is 0.258 e. The van der Waals surface area contributed by atoms with Crippen LogP contribution in [-0.2, 0) is 0 Å². The molecule has 0 fully saturated rings. The predicted octanol–water partition coefficient (Wildman–Crippen LogP) is 5.01. The van der Waals surface area contributed by atoms with Crippen LogP contribution in [0.4, 0.5) is 0 Å². The third-order valence-corrected chi connectivity index (χ3v) is 4.87. The Morgan fingerprint density at radius 2 is 1.22 bits per heavy atom. The number of carbonyl (C=O) groups is 2. The van der Waals surface area contributed by atoms with Crippen LogP contribution >= 0.6 is 23.2 Å². The van der Waals surface area contributed by atoms with Gasteiger partial charge in [-0.05, 0) is 61.5 Å². The van der Waals surface area contributed by atoms with Crippen molar-refractivity contribution >= 4 is 35.0 Å². The van der Waals surface area contributed by atoms with Crippen molar-refractivity contribution in [3.05, 3.63) is 93.8 Å². The van der Waals surface area contributed by atoms with Crippen molar-refractivity contribution < 1.29 is 9.59 Å². The van der Waals surface area contributed by atoms with Gasteiger partial charge >= 0.3 is 0 Å². The quantitative estimate of drug-likeness (QED) is 0.710. The van der Waals surface area contributed by atoms with E-state index in [0.717, 1.165) is 5.70 Å². The van der Waals surface area contributed by atoms with Gasteiger partial charge in [-0.15, -0.1) is 0 Å². The van der Waals surface area contributed by atoms with Gasteiger partial charge in [-0.3, -0.25) is 9.59 Å². The standard InChI is InChI=1S/C21H18Cl2N2O2/c1-14-13-15(2)25(21(27)17-5-9-19(23)10-6-17)12-11-24(14)20(26)16-3-7-18(22)8-4-16/h3-10,13H,1,11-12H2,2H3. The maximum atomic E-state index is 12.9. The van der Waals surface area contributed by atoms with Crippen molar-refractivity contribution in [2.45, 2.75) is 6.92 Å². The molecule has 4 nitrogen and oxygen atoms in total. The molecule has 0 saturated heterocycles. The topological polar surface area (TPSA) is 40.6 Å². The van der Waals surface area contributed by atoms with E-state index in [1.807, 2.05) is 6.92 Å². The summed E-state index contributed by atoms with van der Waals surface area (Å²) in [7, 11) is 0. The number of hydrogen-bond acceptors (Lipinski definition) is 2. The summed E-state index contributed by atoms with van der Waals surface area (Å²) in [6, 6.07) is 13.4. The lowest BCUT2D eigenvalue weighted by molar-refractivity contribution is 0.0749. The second kappa shape index (κ2) is 7.99. The maximum absolute atomic E-state index is 12.9. The summed E-state index contributed by atoms with van der Waals surface area (Å²) in [4.78, 5) is 28.9. The van der Waals surface area contributed by atoms with E-state index in [2.05, 4.69) is 6.58 Å². The average molecular weight is 401 g/mol. The lowest BCUT2D eigenvalue weighted by Crippen LogP contribution is -2.37. The van der Waals surface area contributed by atoms with Crippen LogP contribution in [-0.4, -0.2) is 34.7 Å². The van der Waals surface area contributed by atoms with E-state index in [1.54, 1.807) is 64.4 Å². The third kappa shape index (κ3) is 4.24. The molecule has 27 heavy (non-hydrogen) atoms. The van der Waals surface area contributed by atoms with Gasteiger partial charge in [0.25, 0.3) is 11.8 Å². The molecule has 2 aromatic rings. The van der Waals surface area contributed by atoms with Gasteiger partial charge in [0.2, 0.25) is 0 Å². The van der Waals surface area contributed by atoms with E-state index < -0.39 is 0 Å². The highest BCUT2D eigenvalue weighted by molar-refractivity contribution is 6.31. The van der Waals surface area contributed by atoms with Gasteiger partial charge in [-0.2, -0.15) is 0 Å². The van der Waals surface area contributed by atoms with Gasteiger partial charge in [0.15, 0.2) is 0 Å². The zero-order valence-electron chi connectivity index (χ0n) is 14.8. The Balaban J connectivity index is 1.82. The highest BCUT2D eigenvalue weighted by Crippen LogP contribution is 2.22. The fraction of sp³-hybridized carbons (Fsp3) is 0.143. The first-order chi connectivity index (χ1) is 12.9. The molecule has 0 aromatic heterocycles. The highest BCUT2D eigenvalue weighted by atomic mass is 35.5. The molecule has 0 unspecified atom stereocenters. The molecule has 2 amide bonds. The molecule has 138 valence electrons. The van der Waals surface area contributed by atoms with Crippen LogP contribution in [0.2, 0.25) is 10.0 Å². The number of halogens is 2. The number of carbonyl (C=O) groups excluding carboxylic acids is 2. The molecule has 2 aromatic carbocycles. The molecular formula is C21H18Cl2N2O2. The second-order valence-corrected chi connectivity index (χ2v) is 7.08. The number of amides is 2. The van der Waals surface area contributed by atoms with Crippen LogP contribution < -0.4 is 0 Å². The zero-order valence-corrected chi connectivity index (χ0v) is 16.3. The summed E-state index contributed by atoms with van der Waals surface area (Å²) in [6.07, 6.45) is 1.74. The Morgan fingerprint density at radius 1 is 0.815 bits per heavy atom. The van der Waals surface area contributed by atoms with Gasteiger partial charge in [0.05, 0.1) is 0 Å². The minimum absolute atomic E-state index is 0.144. The lowest BCUT2D eigenvalue weighted by atomic mass is 10.2. The van der Waals surface area contributed by atoms with Gasteiger partial charge in [-0.1, -0.05) is 29.8 Å². The highest BCUT2D eigenvalue weighted by Gasteiger charge is 2.25. The van der Waals surface area contributed by atoms with Crippen LogP contribution in [0.25, 0.3) is 0 Å². The molecule has 0 N–H and O–H groups in total. The largest absolute Gasteiger partial charge is 0.311 e. The molecular weight excluding hydrogens is 383 g/mol. The number of allylic oxidation sites excluding steroid dienone is 2. The fourth-order valence-electron chi connectivity index (χ4n) is 2.91. The number of nitrogens with zero attached hydrogens (tertiary/aromatic N) is 2. The van der Waals surface area contributed by atoms with Crippen LogP contribution in [0.1, 0.15) is 27.6 Å². The molecule has 0 aliphatic carbocycles. The van der Waals surface area contributed by atoms with Crippen molar-refractivity contribution in [1.82, 2.24) is 9.80 Å². The van der Waals surface area contributed by atoms with E-state index in [1.165, 1.54) is 0 Å². The molecule has 6 heteroatoms. The Bertz CT molecular complexity index is 918. The van der Waals surface area contributed by atoms with Crippen molar-refractivity contribution in [3.8, 4) is 0 Å².